The number of aromatic nitrogens is 2. The minimum atomic E-state index is 0.240. The summed E-state index contributed by atoms with van der Waals surface area (Å²) < 4.78 is 1.37. The highest BCUT2D eigenvalue weighted by Crippen LogP contribution is 2.29. The van der Waals surface area contributed by atoms with Gasteiger partial charge in [0.2, 0.25) is 0 Å². The van der Waals surface area contributed by atoms with Crippen LogP contribution in [-0.4, -0.2) is 21.8 Å². The fraction of sp³-hybridized carbons (Fsp3) is 0.692. The Bertz CT molecular complexity index is 413. The molecule has 0 amide bonds. The molecule has 102 valence electrons. The smallest absolute Gasteiger partial charge is 0.143 e. The fourth-order valence-corrected chi connectivity index (χ4v) is 3.23. The number of nitrogens with zero attached hydrogens (tertiary/aromatic N) is 2. The van der Waals surface area contributed by atoms with Gasteiger partial charge in [-0.15, -0.1) is 11.8 Å². The summed E-state index contributed by atoms with van der Waals surface area (Å²) in [5.74, 6) is 3.14. The van der Waals surface area contributed by atoms with E-state index in [2.05, 4.69) is 67.5 Å². The second-order valence-electron chi connectivity index (χ2n) is 5.49. The van der Waals surface area contributed by atoms with E-state index in [9.17, 15) is 0 Å². The average Bonchev–Trinajstić information content (AvgIpc) is 2.26. The van der Waals surface area contributed by atoms with Crippen LogP contribution >= 0.6 is 34.4 Å². The predicted molar refractivity (Wildman–Crippen MR) is 89.4 cm³/mol. The van der Waals surface area contributed by atoms with Gasteiger partial charge in [-0.05, 0) is 28.5 Å². The molecule has 0 aliphatic heterocycles. The predicted octanol–water partition coefficient (Wildman–Crippen LogP) is 4.28. The molecule has 1 N–H and O–H groups in total. The van der Waals surface area contributed by atoms with Gasteiger partial charge in [-0.25, -0.2) is 9.97 Å². The normalized spacial score (nSPS) is 12.0. The topological polar surface area (TPSA) is 37.8 Å². The zero-order chi connectivity index (χ0) is 13.9. The molecule has 1 aromatic heterocycles. The van der Waals surface area contributed by atoms with E-state index in [1.807, 2.05) is 18.8 Å². The van der Waals surface area contributed by atoms with Gasteiger partial charge in [0.05, 0.1) is 15.0 Å². The molecule has 0 bridgehead atoms. The highest BCUT2D eigenvalue weighted by Gasteiger charge is 2.16. The van der Waals surface area contributed by atoms with E-state index < -0.39 is 0 Å². The van der Waals surface area contributed by atoms with Gasteiger partial charge in [0.15, 0.2) is 0 Å². The SMILES string of the molecule is CNc1nc(CSC(C)(C)C)nc(C(C)C)c1I. The Hall–Kier alpha value is -0.0400. The summed E-state index contributed by atoms with van der Waals surface area (Å²) in [5, 5.41) is 3.16. The van der Waals surface area contributed by atoms with Crippen molar-refractivity contribution in [2.75, 3.05) is 12.4 Å². The van der Waals surface area contributed by atoms with Gasteiger partial charge in [-0.2, -0.15) is 0 Å². The molecule has 18 heavy (non-hydrogen) atoms. The molecule has 0 saturated carbocycles. The number of hydrogen-bond acceptors (Lipinski definition) is 4. The molecule has 0 fully saturated rings. The number of halogens is 1. The first-order valence-corrected chi connectivity index (χ1v) is 8.19. The maximum atomic E-state index is 4.70. The third kappa shape index (κ3) is 4.57. The zero-order valence-corrected chi connectivity index (χ0v) is 14.9. The molecule has 0 aliphatic rings. The standard InChI is InChI=1S/C13H22IN3S/c1-8(2)11-10(14)12(15-6)17-9(16-11)7-18-13(3,4)5/h8H,7H2,1-6H3,(H,15,16,17). The van der Waals surface area contributed by atoms with Crippen LogP contribution in [0.3, 0.4) is 0 Å². The van der Waals surface area contributed by atoms with Crippen LogP contribution in [-0.2, 0) is 5.75 Å². The molecule has 0 radical (unpaired) electrons. The number of rotatable bonds is 4. The number of nitrogens with one attached hydrogen (secondary N) is 1. The monoisotopic (exact) mass is 379 g/mol. The molecule has 5 heteroatoms. The largest absolute Gasteiger partial charge is 0.372 e. The molecule has 0 spiro atoms. The molecule has 0 aliphatic carbocycles. The van der Waals surface area contributed by atoms with E-state index in [1.165, 1.54) is 0 Å². The summed E-state index contributed by atoms with van der Waals surface area (Å²) >= 11 is 4.20. The van der Waals surface area contributed by atoms with Gasteiger partial charge in [-0.1, -0.05) is 34.6 Å². The average molecular weight is 379 g/mol. The lowest BCUT2D eigenvalue weighted by Crippen LogP contribution is -2.11. The lowest BCUT2D eigenvalue weighted by molar-refractivity contribution is 0.783. The summed E-state index contributed by atoms with van der Waals surface area (Å²) in [6.07, 6.45) is 0. The number of thioether (sulfide) groups is 1. The van der Waals surface area contributed by atoms with Gasteiger partial charge in [0.25, 0.3) is 0 Å². The highest BCUT2D eigenvalue weighted by molar-refractivity contribution is 14.1. The quantitative estimate of drug-likeness (QED) is 0.793. The van der Waals surface area contributed by atoms with E-state index in [1.54, 1.807) is 0 Å². The number of hydrogen-bond donors (Lipinski definition) is 1. The number of anilines is 1. The van der Waals surface area contributed by atoms with Crippen molar-refractivity contribution in [2.24, 2.45) is 0 Å². The van der Waals surface area contributed by atoms with E-state index >= 15 is 0 Å². The molecule has 0 saturated heterocycles. The van der Waals surface area contributed by atoms with Crippen LogP contribution in [0.25, 0.3) is 0 Å². The summed E-state index contributed by atoms with van der Waals surface area (Å²) in [4.78, 5) is 9.29. The molecule has 1 rings (SSSR count). The molecule has 1 aromatic rings. The van der Waals surface area contributed by atoms with E-state index in [0.29, 0.717) is 5.92 Å². The van der Waals surface area contributed by atoms with Crippen molar-refractivity contribution < 1.29 is 0 Å². The lowest BCUT2D eigenvalue weighted by atomic mass is 10.1. The maximum absolute atomic E-state index is 4.70. The molecule has 1 heterocycles. The van der Waals surface area contributed by atoms with Crippen molar-refractivity contribution in [1.82, 2.24) is 9.97 Å². The summed E-state index contributed by atoms with van der Waals surface area (Å²) in [5.41, 5.74) is 1.14. The second kappa shape index (κ2) is 6.41. The van der Waals surface area contributed by atoms with Crippen molar-refractivity contribution in [2.45, 2.75) is 51.0 Å². The first-order valence-electron chi connectivity index (χ1n) is 6.12. The van der Waals surface area contributed by atoms with Gasteiger partial charge in [0.1, 0.15) is 11.6 Å². The molecule has 3 nitrogen and oxygen atoms in total. The minimum absolute atomic E-state index is 0.240. The molecule has 0 unspecified atom stereocenters. The van der Waals surface area contributed by atoms with Crippen LogP contribution in [0.5, 0.6) is 0 Å². The highest BCUT2D eigenvalue weighted by atomic mass is 127. The Labute approximate surface area is 128 Å². The lowest BCUT2D eigenvalue weighted by Gasteiger charge is -2.18. The van der Waals surface area contributed by atoms with Crippen molar-refractivity contribution in [1.29, 1.82) is 0 Å². The Morgan fingerprint density at radius 2 is 1.89 bits per heavy atom. The van der Waals surface area contributed by atoms with Crippen LogP contribution in [0.15, 0.2) is 0 Å². The first-order chi connectivity index (χ1) is 8.24. The molecular formula is C13H22IN3S. The third-order valence-electron chi connectivity index (χ3n) is 2.34. The van der Waals surface area contributed by atoms with E-state index in [0.717, 1.165) is 26.7 Å². The van der Waals surface area contributed by atoms with Crippen molar-refractivity contribution in [3.8, 4) is 0 Å². The zero-order valence-electron chi connectivity index (χ0n) is 12.0. The van der Waals surface area contributed by atoms with Gasteiger partial charge in [0, 0.05) is 11.8 Å². The summed E-state index contributed by atoms with van der Waals surface area (Å²) in [6.45, 7) is 11.0. The molecular weight excluding hydrogens is 357 g/mol. The fourth-order valence-electron chi connectivity index (χ4n) is 1.41. The summed E-state index contributed by atoms with van der Waals surface area (Å²) in [6, 6.07) is 0. The van der Waals surface area contributed by atoms with Crippen LogP contribution in [0.2, 0.25) is 0 Å². The van der Waals surface area contributed by atoms with E-state index in [-0.39, 0.29) is 4.75 Å². The Morgan fingerprint density at radius 3 is 2.33 bits per heavy atom. The molecule has 0 atom stereocenters. The first kappa shape index (κ1) is 16.0. The van der Waals surface area contributed by atoms with Crippen LogP contribution in [0, 0.1) is 3.57 Å². The Balaban J connectivity index is 3.03. The maximum Gasteiger partial charge on any atom is 0.143 e. The van der Waals surface area contributed by atoms with Gasteiger partial charge >= 0.3 is 0 Å². The molecule has 0 aromatic carbocycles. The minimum Gasteiger partial charge on any atom is -0.372 e. The van der Waals surface area contributed by atoms with Crippen molar-refractivity contribution in [3.05, 3.63) is 15.1 Å². The van der Waals surface area contributed by atoms with Gasteiger partial charge < -0.3 is 5.32 Å². The van der Waals surface area contributed by atoms with Crippen LogP contribution in [0.4, 0.5) is 5.82 Å². The Kier molecular flexibility index (Phi) is 5.70. The van der Waals surface area contributed by atoms with Crippen molar-refractivity contribution in [3.63, 3.8) is 0 Å². The van der Waals surface area contributed by atoms with Crippen molar-refractivity contribution >= 4 is 40.2 Å². The third-order valence-corrected chi connectivity index (χ3v) is 4.67. The second-order valence-corrected chi connectivity index (χ2v) is 8.37. The van der Waals surface area contributed by atoms with Crippen LogP contribution in [0.1, 0.15) is 52.1 Å². The van der Waals surface area contributed by atoms with E-state index in [4.69, 9.17) is 4.98 Å². The summed E-state index contributed by atoms with van der Waals surface area (Å²) in [7, 11) is 1.91. The Morgan fingerprint density at radius 1 is 1.28 bits per heavy atom. The van der Waals surface area contributed by atoms with Gasteiger partial charge in [-0.3, -0.25) is 0 Å². The van der Waals surface area contributed by atoms with Crippen LogP contribution < -0.4 is 5.32 Å².